The molecule has 0 saturated carbocycles. The molecule has 1 aromatic carbocycles. The van der Waals surface area contributed by atoms with E-state index in [0.29, 0.717) is 6.54 Å². The number of hydrogen-bond acceptors (Lipinski definition) is 2. The Labute approximate surface area is 103 Å². The molecule has 0 unspecified atom stereocenters. The third-order valence-corrected chi connectivity index (χ3v) is 3.58. The van der Waals surface area contributed by atoms with Gasteiger partial charge >= 0.3 is 0 Å². The maximum Gasteiger partial charge on any atom is 0.146 e. The molecule has 1 saturated heterocycles. The van der Waals surface area contributed by atoms with Gasteiger partial charge in [-0.3, -0.25) is 0 Å². The number of anilines is 1. The van der Waals surface area contributed by atoms with Crippen LogP contribution in [0.1, 0.15) is 32.3 Å². The van der Waals surface area contributed by atoms with E-state index in [2.05, 4.69) is 24.1 Å². The summed E-state index contributed by atoms with van der Waals surface area (Å²) in [5.41, 5.74) is 1.81. The molecule has 3 heteroatoms. The molecule has 0 aromatic heterocycles. The van der Waals surface area contributed by atoms with Crippen LogP contribution in [0.2, 0.25) is 0 Å². The largest absolute Gasteiger partial charge is 0.364 e. The van der Waals surface area contributed by atoms with Crippen molar-refractivity contribution < 1.29 is 4.39 Å². The van der Waals surface area contributed by atoms with Crippen LogP contribution in [0.3, 0.4) is 0 Å². The molecule has 2 rings (SSSR count). The molecule has 0 bridgehead atoms. The normalized spacial score (nSPS) is 18.7. The molecule has 0 atom stereocenters. The van der Waals surface area contributed by atoms with Crippen LogP contribution in [0.4, 0.5) is 10.1 Å². The van der Waals surface area contributed by atoms with Gasteiger partial charge in [0.25, 0.3) is 0 Å². The van der Waals surface area contributed by atoms with E-state index in [1.54, 1.807) is 6.07 Å². The molecule has 0 aliphatic carbocycles. The van der Waals surface area contributed by atoms with Crippen LogP contribution in [0.5, 0.6) is 0 Å². The third-order valence-electron chi connectivity index (χ3n) is 3.58. The summed E-state index contributed by atoms with van der Waals surface area (Å²) in [6.07, 6.45) is 2.27. The van der Waals surface area contributed by atoms with Crippen LogP contribution in [0.15, 0.2) is 18.2 Å². The molecule has 2 nitrogen and oxygen atoms in total. The molecule has 1 N–H and O–H groups in total. The molecule has 94 valence electrons. The van der Waals surface area contributed by atoms with Crippen molar-refractivity contribution in [2.24, 2.45) is 0 Å². The number of halogens is 1. The lowest BCUT2D eigenvalue weighted by Gasteiger charge is -2.34. The van der Waals surface area contributed by atoms with Gasteiger partial charge in [-0.25, -0.2) is 4.39 Å². The molecule has 17 heavy (non-hydrogen) atoms. The van der Waals surface area contributed by atoms with E-state index < -0.39 is 0 Å². The van der Waals surface area contributed by atoms with E-state index in [4.69, 9.17) is 0 Å². The highest BCUT2D eigenvalue weighted by molar-refractivity contribution is 5.52. The summed E-state index contributed by atoms with van der Waals surface area (Å²) < 4.78 is 14.1. The van der Waals surface area contributed by atoms with E-state index in [-0.39, 0.29) is 11.4 Å². The van der Waals surface area contributed by atoms with Crippen molar-refractivity contribution in [2.45, 2.75) is 38.8 Å². The molecular weight excluding hydrogens is 215 g/mol. The van der Waals surface area contributed by atoms with Gasteiger partial charge in [0.05, 0.1) is 5.69 Å². The minimum absolute atomic E-state index is 0.0748. The summed E-state index contributed by atoms with van der Waals surface area (Å²) in [6.45, 7) is 6.03. The topological polar surface area (TPSA) is 15.3 Å². The van der Waals surface area contributed by atoms with Crippen molar-refractivity contribution in [2.75, 3.05) is 18.5 Å². The molecule has 1 fully saturated rings. The van der Waals surface area contributed by atoms with Gasteiger partial charge in [-0.2, -0.15) is 0 Å². The van der Waals surface area contributed by atoms with Gasteiger partial charge in [0.2, 0.25) is 0 Å². The van der Waals surface area contributed by atoms with Crippen LogP contribution in [0, 0.1) is 5.82 Å². The van der Waals surface area contributed by atoms with Crippen LogP contribution in [0.25, 0.3) is 0 Å². The first-order chi connectivity index (χ1) is 8.04. The van der Waals surface area contributed by atoms with Crippen LogP contribution >= 0.6 is 0 Å². The fourth-order valence-corrected chi connectivity index (χ4v) is 2.64. The molecule has 1 aliphatic rings. The average Bonchev–Trinajstić information content (AvgIpc) is 2.59. The Bertz CT molecular complexity index is 401. The number of hydrogen-bond donors (Lipinski definition) is 1. The summed E-state index contributed by atoms with van der Waals surface area (Å²) in [5, 5.41) is 3.04. The minimum Gasteiger partial charge on any atom is -0.364 e. The summed E-state index contributed by atoms with van der Waals surface area (Å²) in [4.78, 5) is 2.19. The number of nitrogens with one attached hydrogen (secondary N) is 1. The highest BCUT2D eigenvalue weighted by Gasteiger charge is 2.33. The van der Waals surface area contributed by atoms with Gasteiger partial charge in [0.1, 0.15) is 5.82 Å². The second kappa shape index (κ2) is 4.65. The fourth-order valence-electron chi connectivity index (χ4n) is 2.64. The van der Waals surface area contributed by atoms with Gasteiger partial charge in [-0.1, -0.05) is 6.07 Å². The molecular formula is C14H21FN2. The van der Waals surface area contributed by atoms with Crippen molar-refractivity contribution in [3.05, 3.63) is 29.6 Å². The Balaban J connectivity index is 2.27. The average molecular weight is 236 g/mol. The molecule has 1 heterocycles. The molecule has 0 amide bonds. The van der Waals surface area contributed by atoms with Crippen LogP contribution < -0.4 is 10.2 Å². The molecule has 1 aromatic rings. The Kier molecular flexibility index (Phi) is 3.38. The second-order valence-corrected chi connectivity index (χ2v) is 5.38. The monoisotopic (exact) mass is 236 g/mol. The summed E-state index contributed by atoms with van der Waals surface area (Å²) in [5.74, 6) is -0.104. The lowest BCUT2D eigenvalue weighted by Crippen LogP contribution is -2.38. The van der Waals surface area contributed by atoms with E-state index in [1.807, 2.05) is 19.2 Å². The number of rotatable bonds is 3. The lowest BCUT2D eigenvalue weighted by atomic mass is 10.0. The zero-order valence-corrected chi connectivity index (χ0v) is 10.9. The SMILES string of the molecule is CNCc1ccc(N2CCCC2(C)C)c(F)c1. The van der Waals surface area contributed by atoms with Gasteiger partial charge in [-0.15, -0.1) is 0 Å². The predicted molar refractivity (Wildman–Crippen MR) is 69.8 cm³/mol. The van der Waals surface area contributed by atoms with Gasteiger partial charge in [0, 0.05) is 18.6 Å². The highest BCUT2D eigenvalue weighted by atomic mass is 19.1. The smallest absolute Gasteiger partial charge is 0.146 e. The Morgan fingerprint density at radius 3 is 2.71 bits per heavy atom. The first-order valence-corrected chi connectivity index (χ1v) is 6.25. The quantitative estimate of drug-likeness (QED) is 0.868. The van der Waals surface area contributed by atoms with Crippen molar-refractivity contribution >= 4 is 5.69 Å². The van der Waals surface area contributed by atoms with Crippen LogP contribution in [-0.2, 0) is 6.54 Å². The highest BCUT2D eigenvalue weighted by Crippen LogP contribution is 2.35. The minimum atomic E-state index is -0.104. The second-order valence-electron chi connectivity index (χ2n) is 5.38. The van der Waals surface area contributed by atoms with Crippen LogP contribution in [-0.4, -0.2) is 19.1 Å². The summed E-state index contributed by atoms with van der Waals surface area (Å²) >= 11 is 0. The van der Waals surface area contributed by atoms with E-state index in [1.165, 1.54) is 0 Å². The Morgan fingerprint density at radius 2 is 2.18 bits per heavy atom. The Morgan fingerprint density at radius 1 is 1.41 bits per heavy atom. The zero-order valence-electron chi connectivity index (χ0n) is 10.9. The van der Waals surface area contributed by atoms with Gasteiger partial charge < -0.3 is 10.2 Å². The molecule has 0 radical (unpaired) electrons. The van der Waals surface area contributed by atoms with Crippen molar-refractivity contribution in [3.8, 4) is 0 Å². The summed E-state index contributed by atoms with van der Waals surface area (Å²) in [6, 6.07) is 5.55. The fraction of sp³-hybridized carbons (Fsp3) is 0.571. The maximum atomic E-state index is 14.1. The standard InChI is InChI=1S/C14H21FN2/c1-14(2)7-4-8-17(14)13-6-5-11(10-16-3)9-12(13)15/h5-6,9,16H,4,7-8,10H2,1-3H3. The van der Waals surface area contributed by atoms with Crippen molar-refractivity contribution in [1.82, 2.24) is 5.32 Å². The van der Waals surface area contributed by atoms with Crippen molar-refractivity contribution in [1.29, 1.82) is 0 Å². The van der Waals surface area contributed by atoms with Crippen molar-refractivity contribution in [3.63, 3.8) is 0 Å². The Hall–Kier alpha value is -1.09. The maximum absolute atomic E-state index is 14.1. The van der Waals surface area contributed by atoms with E-state index in [9.17, 15) is 4.39 Å². The van der Waals surface area contributed by atoms with E-state index in [0.717, 1.165) is 30.6 Å². The molecule has 1 aliphatic heterocycles. The molecule has 0 spiro atoms. The first kappa shape index (κ1) is 12.4. The number of benzene rings is 1. The zero-order chi connectivity index (χ0) is 12.5. The third kappa shape index (κ3) is 2.44. The van der Waals surface area contributed by atoms with Gasteiger partial charge in [-0.05, 0) is 51.4 Å². The lowest BCUT2D eigenvalue weighted by molar-refractivity contribution is 0.506. The first-order valence-electron chi connectivity index (χ1n) is 6.25. The van der Waals surface area contributed by atoms with Gasteiger partial charge in [0.15, 0.2) is 0 Å². The number of nitrogens with zero attached hydrogens (tertiary/aromatic N) is 1. The summed E-state index contributed by atoms with van der Waals surface area (Å²) in [7, 11) is 1.87. The predicted octanol–water partition coefficient (Wildman–Crippen LogP) is 2.92. The van der Waals surface area contributed by atoms with E-state index >= 15 is 0 Å².